The molecule has 0 fully saturated rings. The van der Waals surface area contributed by atoms with Gasteiger partial charge in [-0.3, -0.25) is 9.59 Å². The number of rotatable bonds is 9. The minimum atomic E-state index is -0.419. The molecular weight excluding hydrogens is 445 g/mol. The fourth-order valence-electron chi connectivity index (χ4n) is 4.86. The molecule has 0 saturated heterocycles. The van der Waals surface area contributed by atoms with E-state index < -0.39 is 6.04 Å². The van der Waals surface area contributed by atoms with E-state index in [1.54, 1.807) is 23.0 Å². The summed E-state index contributed by atoms with van der Waals surface area (Å²) in [5.41, 5.74) is 2.58. The predicted octanol–water partition coefficient (Wildman–Crippen LogP) is 4.23. The highest BCUT2D eigenvalue weighted by Crippen LogP contribution is 2.33. The lowest BCUT2D eigenvalue weighted by atomic mass is 9.95. The van der Waals surface area contributed by atoms with Crippen LogP contribution < -0.4 is 0 Å². The Balaban J connectivity index is 1.60. The summed E-state index contributed by atoms with van der Waals surface area (Å²) in [6, 6.07) is 19.5. The number of carbonyl (C=O) groups is 2. The highest BCUT2D eigenvalue weighted by molar-refractivity contribution is 5.89. The molecule has 2 atom stereocenters. The summed E-state index contributed by atoms with van der Waals surface area (Å²) >= 11 is 0. The molecule has 1 aliphatic rings. The molecule has 3 aromatic rings. The molecule has 4 rings (SSSR count). The van der Waals surface area contributed by atoms with Crippen LogP contribution in [0, 0.1) is 5.82 Å². The molecule has 6 nitrogen and oxygen atoms in total. The Hall–Kier alpha value is -3.45. The molecule has 0 radical (unpaired) electrons. The lowest BCUT2D eigenvalue weighted by Gasteiger charge is -2.38. The number of aromatic nitrogens is 1. The standard InChI is InChI=1S/C28H32FN3O3/c1-3-24(21-9-5-4-6-10-21)28(34)31(17-18-35-2)20-26(33)32-16-15-30-14-8-13-25(30)27(32)22-11-7-12-23(29)19-22/h4-14,19,24,27H,3,15-18,20H2,1-2H3. The molecule has 0 N–H and O–H groups in total. The number of nitrogens with zero attached hydrogens (tertiary/aromatic N) is 3. The number of halogens is 1. The Labute approximate surface area is 205 Å². The fourth-order valence-corrected chi connectivity index (χ4v) is 4.86. The van der Waals surface area contributed by atoms with Gasteiger partial charge in [0, 0.05) is 38.6 Å². The first-order valence-electron chi connectivity index (χ1n) is 12.1. The molecule has 2 amide bonds. The zero-order valence-corrected chi connectivity index (χ0v) is 20.3. The van der Waals surface area contributed by atoms with Crippen LogP contribution in [-0.2, 0) is 20.9 Å². The van der Waals surface area contributed by atoms with Crippen molar-refractivity contribution in [2.45, 2.75) is 31.8 Å². The number of ether oxygens (including phenoxy) is 1. The lowest BCUT2D eigenvalue weighted by Crippen LogP contribution is -2.49. The molecule has 0 spiro atoms. The molecule has 0 aliphatic carbocycles. The minimum Gasteiger partial charge on any atom is -0.383 e. The normalized spacial score (nSPS) is 16.0. The number of hydrogen-bond acceptors (Lipinski definition) is 3. The number of hydrogen-bond donors (Lipinski definition) is 0. The van der Waals surface area contributed by atoms with E-state index >= 15 is 0 Å². The van der Waals surface area contributed by atoms with Crippen LogP contribution in [0.15, 0.2) is 72.9 Å². The Morgan fingerprint density at radius 2 is 1.89 bits per heavy atom. The number of benzene rings is 2. The highest BCUT2D eigenvalue weighted by atomic mass is 19.1. The average Bonchev–Trinajstić information content (AvgIpc) is 3.36. The molecule has 0 saturated carbocycles. The van der Waals surface area contributed by atoms with Gasteiger partial charge in [-0.05, 0) is 41.8 Å². The van der Waals surface area contributed by atoms with E-state index in [4.69, 9.17) is 4.74 Å². The predicted molar refractivity (Wildman–Crippen MR) is 132 cm³/mol. The Bertz CT molecular complexity index is 1150. The number of carbonyl (C=O) groups excluding carboxylic acids is 2. The Kier molecular flexibility index (Phi) is 7.98. The van der Waals surface area contributed by atoms with Crippen LogP contribution in [0.4, 0.5) is 4.39 Å². The minimum absolute atomic E-state index is 0.0575. The lowest BCUT2D eigenvalue weighted by molar-refractivity contribution is -0.143. The second-order valence-corrected chi connectivity index (χ2v) is 8.80. The summed E-state index contributed by atoms with van der Waals surface area (Å²) in [4.78, 5) is 30.7. The van der Waals surface area contributed by atoms with E-state index in [2.05, 4.69) is 4.57 Å². The molecule has 1 aromatic heterocycles. The molecular formula is C28H32FN3O3. The van der Waals surface area contributed by atoms with Gasteiger partial charge in [0.2, 0.25) is 11.8 Å². The van der Waals surface area contributed by atoms with E-state index in [0.717, 1.165) is 11.3 Å². The SMILES string of the molecule is CCC(C(=O)N(CCOC)CC(=O)N1CCn2cccc2C1c1cccc(F)c1)c1ccccc1. The fraction of sp³-hybridized carbons (Fsp3) is 0.357. The zero-order valence-electron chi connectivity index (χ0n) is 20.3. The van der Waals surface area contributed by atoms with Crippen LogP contribution in [0.3, 0.4) is 0 Å². The molecule has 2 aromatic carbocycles. The maximum absolute atomic E-state index is 14.1. The Morgan fingerprint density at radius 1 is 1.09 bits per heavy atom. The van der Waals surface area contributed by atoms with Crippen molar-refractivity contribution in [2.75, 3.05) is 33.4 Å². The monoisotopic (exact) mass is 477 g/mol. The maximum Gasteiger partial charge on any atom is 0.243 e. The third-order valence-electron chi connectivity index (χ3n) is 6.63. The van der Waals surface area contributed by atoms with Gasteiger partial charge in [0.15, 0.2) is 0 Å². The quantitative estimate of drug-likeness (QED) is 0.464. The Morgan fingerprint density at radius 3 is 2.60 bits per heavy atom. The van der Waals surface area contributed by atoms with E-state index in [1.807, 2.05) is 61.7 Å². The van der Waals surface area contributed by atoms with Crippen molar-refractivity contribution in [3.05, 3.63) is 95.6 Å². The summed E-state index contributed by atoms with van der Waals surface area (Å²) in [7, 11) is 1.58. The van der Waals surface area contributed by atoms with E-state index in [0.29, 0.717) is 38.2 Å². The van der Waals surface area contributed by atoms with E-state index in [1.165, 1.54) is 12.1 Å². The zero-order chi connectivity index (χ0) is 24.8. The van der Waals surface area contributed by atoms with E-state index in [-0.39, 0.29) is 30.1 Å². The van der Waals surface area contributed by atoms with E-state index in [9.17, 15) is 14.0 Å². The topological polar surface area (TPSA) is 54.8 Å². The summed E-state index contributed by atoms with van der Waals surface area (Å²) in [5, 5.41) is 0. The second-order valence-electron chi connectivity index (χ2n) is 8.80. The molecule has 0 bridgehead atoms. The summed E-state index contributed by atoms with van der Waals surface area (Å²) in [6.07, 6.45) is 2.60. The number of methoxy groups -OCH3 is 1. The smallest absolute Gasteiger partial charge is 0.243 e. The molecule has 1 aliphatic heterocycles. The molecule has 184 valence electrons. The summed E-state index contributed by atoms with van der Waals surface area (Å²) in [5.74, 6) is -0.937. The van der Waals surface area contributed by atoms with Gasteiger partial charge in [0.05, 0.1) is 25.1 Å². The third kappa shape index (κ3) is 5.46. The first-order valence-corrected chi connectivity index (χ1v) is 12.1. The van der Waals surface area contributed by atoms with Crippen LogP contribution in [0.5, 0.6) is 0 Å². The van der Waals surface area contributed by atoms with Gasteiger partial charge in [-0.15, -0.1) is 0 Å². The first-order chi connectivity index (χ1) is 17.0. The van der Waals surface area contributed by atoms with Crippen molar-refractivity contribution in [1.82, 2.24) is 14.4 Å². The van der Waals surface area contributed by atoms with Gasteiger partial charge < -0.3 is 19.1 Å². The van der Waals surface area contributed by atoms with Crippen molar-refractivity contribution >= 4 is 11.8 Å². The molecule has 2 heterocycles. The van der Waals surface area contributed by atoms with Crippen molar-refractivity contribution in [3.63, 3.8) is 0 Å². The highest BCUT2D eigenvalue weighted by Gasteiger charge is 2.34. The number of amides is 2. The maximum atomic E-state index is 14.1. The van der Waals surface area contributed by atoms with Crippen molar-refractivity contribution in [2.24, 2.45) is 0 Å². The first kappa shape index (κ1) is 24.7. The van der Waals surface area contributed by atoms with Crippen LogP contribution in [0.25, 0.3) is 0 Å². The van der Waals surface area contributed by atoms with Gasteiger partial charge in [0.25, 0.3) is 0 Å². The van der Waals surface area contributed by atoms with Crippen LogP contribution in [0.2, 0.25) is 0 Å². The van der Waals surface area contributed by atoms with Crippen LogP contribution in [0.1, 0.15) is 42.1 Å². The molecule has 7 heteroatoms. The molecule has 2 unspecified atom stereocenters. The van der Waals surface area contributed by atoms with Gasteiger partial charge in [-0.25, -0.2) is 4.39 Å². The summed E-state index contributed by atoms with van der Waals surface area (Å²) in [6.45, 7) is 3.69. The van der Waals surface area contributed by atoms with Crippen LogP contribution in [-0.4, -0.2) is 59.5 Å². The average molecular weight is 478 g/mol. The van der Waals surface area contributed by atoms with Gasteiger partial charge >= 0.3 is 0 Å². The second kappa shape index (κ2) is 11.3. The third-order valence-corrected chi connectivity index (χ3v) is 6.63. The van der Waals surface area contributed by atoms with Crippen molar-refractivity contribution < 1.29 is 18.7 Å². The van der Waals surface area contributed by atoms with Crippen molar-refractivity contribution in [1.29, 1.82) is 0 Å². The van der Waals surface area contributed by atoms with Gasteiger partial charge in [-0.2, -0.15) is 0 Å². The van der Waals surface area contributed by atoms with Crippen molar-refractivity contribution in [3.8, 4) is 0 Å². The largest absolute Gasteiger partial charge is 0.383 e. The van der Waals surface area contributed by atoms with Crippen LogP contribution >= 0.6 is 0 Å². The summed E-state index contributed by atoms with van der Waals surface area (Å²) < 4.78 is 21.5. The van der Waals surface area contributed by atoms with Gasteiger partial charge in [0.1, 0.15) is 5.82 Å². The molecule has 35 heavy (non-hydrogen) atoms. The number of fused-ring (bicyclic) bond motifs is 1. The van der Waals surface area contributed by atoms with Gasteiger partial charge in [-0.1, -0.05) is 49.4 Å².